The average molecular weight is 290 g/mol. The second-order valence-electron chi connectivity index (χ2n) is 4.11. The SMILES string of the molecule is Brc1cnc2nc3c(n2c1)CCc1occc1-3. The Hall–Kier alpha value is -1.62. The van der Waals surface area contributed by atoms with Crippen molar-refractivity contribution in [1.82, 2.24) is 14.4 Å². The van der Waals surface area contributed by atoms with Gasteiger partial charge in [-0.05, 0) is 28.4 Å². The lowest BCUT2D eigenvalue weighted by Crippen LogP contribution is -2.03. The number of rotatable bonds is 0. The van der Waals surface area contributed by atoms with Crippen molar-refractivity contribution in [1.29, 1.82) is 0 Å². The summed E-state index contributed by atoms with van der Waals surface area (Å²) in [7, 11) is 0. The molecular weight excluding hydrogens is 282 g/mol. The van der Waals surface area contributed by atoms with Crippen LogP contribution in [0, 0.1) is 0 Å². The summed E-state index contributed by atoms with van der Waals surface area (Å²) < 4.78 is 8.47. The number of furan rings is 1. The lowest BCUT2D eigenvalue weighted by molar-refractivity contribution is 0.505. The average Bonchev–Trinajstić information content (AvgIpc) is 2.91. The van der Waals surface area contributed by atoms with Crippen molar-refractivity contribution in [3.63, 3.8) is 0 Å². The molecule has 0 atom stereocenters. The molecule has 1 aliphatic rings. The maximum absolute atomic E-state index is 5.45. The Balaban J connectivity index is 2.10. The van der Waals surface area contributed by atoms with E-state index in [1.165, 1.54) is 5.69 Å². The Kier molecular flexibility index (Phi) is 1.77. The fraction of sp³-hybridized carbons (Fsp3) is 0.167. The lowest BCUT2D eigenvalue weighted by atomic mass is 9.99. The van der Waals surface area contributed by atoms with Crippen molar-refractivity contribution in [2.75, 3.05) is 0 Å². The largest absolute Gasteiger partial charge is 0.469 e. The van der Waals surface area contributed by atoms with Crippen LogP contribution >= 0.6 is 15.9 Å². The fourth-order valence-corrected chi connectivity index (χ4v) is 2.69. The minimum atomic E-state index is 0.743. The van der Waals surface area contributed by atoms with Crippen molar-refractivity contribution >= 4 is 21.7 Å². The Morgan fingerprint density at radius 2 is 2.29 bits per heavy atom. The van der Waals surface area contributed by atoms with E-state index in [0.717, 1.165) is 40.1 Å². The Morgan fingerprint density at radius 3 is 3.24 bits per heavy atom. The maximum Gasteiger partial charge on any atom is 0.234 e. The molecule has 0 N–H and O–H groups in total. The van der Waals surface area contributed by atoms with Gasteiger partial charge in [-0.2, -0.15) is 0 Å². The maximum atomic E-state index is 5.45. The molecule has 0 saturated carbocycles. The van der Waals surface area contributed by atoms with E-state index in [9.17, 15) is 0 Å². The summed E-state index contributed by atoms with van der Waals surface area (Å²) in [4.78, 5) is 8.90. The molecule has 3 heterocycles. The fourth-order valence-electron chi connectivity index (χ4n) is 2.39. The molecule has 84 valence electrons. The first kappa shape index (κ1) is 9.41. The standard InChI is InChI=1S/C12H8BrN3O/c13-7-5-14-12-15-11-8-3-4-17-10(8)2-1-9(11)16(12)6-7/h3-6H,1-2H2. The van der Waals surface area contributed by atoms with Gasteiger partial charge in [-0.25, -0.2) is 9.97 Å². The number of aryl methyl sites for hydroxylation is 2. The summed E-state index contributed by atoms with van der Waals surface area (Å²) in [5.41, 5.74) is 3.32. The number of fused-ring (bicyclic) bond motifs is 5. The number of nitrogens with zero attached hydrogens (tertiary/aromatic N) is 3. The van der Waals surface area contributed by atoms with E-state index in [1.807, 2.05) is 12.3 Å². The van der Waals surface area contributed by atoms with E-state index in [1.54, 1.807) is 12.5 Å². The Labute approximate surface area is 105 Å². The third-order valence-electron chi connectivity index (χ3n) is 3.14. The van der Waals surface area contributed by atoms with Crippen molar-refractivity contribution in [2.24, 2.45) is 0 Å². The van der Waals surface area contributed by atoms with Crippen LogP contribution in [0.1, 0.15) is 11.5 Å². The van der Waals surface area contributed by atoms with Crippen LogP contribution in [-0.2, 0) is 12.8 Å². The van der Waals surface area contributed by atoms with Crippen LogP contribution in [0.4, 0.5) is 0 Å². The number of hydrogen-bond donors (Lipinski definition) is 0. The van der Waals surface area contributed by atoms with Gasteiger partial charge in [0.05, 0.1) is 22.1 Å². The highest BCUT2D eigenvalue weighted by Crippen LogP contribution is 2.34. The van der Waals surface area contributed by atoms with Gasteiger partial charge in [0.1, 0.15) is 5.76 Å². The molecule has 3 aromatic rings. The van der Waals surface area contributed by atoms with Crippen LogP contribution < -0.4 is 0 Å². The van der Waals surface area contributed by atoms with Crippen LogP contribution in [0.15, 0.2) is 33.6 Å². The molecule has 0 spiro atoms. The summed E-state index contributed by atoms with van der Waals surface area (Å²) in [5.74, 6) is 1.77. The van der Waals surface area contributed by atoms with Crippen molar-refractivity contribution in [3.05, 3.63) is 40.7 Å². The molecule has 4 nitrogen and oxygen atoms in total. The summed E-state index contributed by atoms with van der Waals surface area (Å²) in [6.45, 7) is 0. The molecule has 0 bridgehead atoms. The molecule has 5 heteroatoms. The molecule has 17 heavy (non-hydrogen) atoms. The molecule has 0 fully saturated rings. The molecule has 0 aliphatic heterocycles. The van der Waals surface area contributed by atoms with Crippen molar-refractivity contribution < 1.29 is 4.42 Å². The van der Waals surface area contributed by atoms with E-state index in [-0.39, 0.29) is 0 Å². The van der Waals surface area contributed by atoms with Gasteiger partial charge in [0.25, 0.3) is 0 Å². The lowest BCUT2D eigenvalue weighted by Gasteiger charge is -2.10. The van der Waals surface area contributed by atoms with E-state index in [4.69, 9.17) is 4.42 Å². The number of aromatic nitrogens is 3. The van der Waals surface area contributed by atoms with Gasteiger partial charge in [-0.15, -0.1) is 0 Å². The second kappa shape index (κ2) is 3.20. The quantitative estimate of drug-likeness (QED) is 0.639. The third kappa shape index (κ3) is 1.23. The number of hydrogen-bond acceptors (Lipinski definition) is 3. The van der Waals surface area contributed by atoms with Crippen LogP contribution in [0.2, 0.25) is 0 Å². The zero-order chi connectivity index (χ0) is 11.4. The molecular formula is C12H8BrN3O. The molecule has 0 aromatic carbocycles. The third-order valence-corrected chi connectivity index (χ3v) is 3.55. The summed E-state index contributed by atoms with van der Waals surface area (Å²) in [5, 5.41) is 0. The monoisotopic (exact) mass is 289 g/mol. The Morgan fingerprint density at radius 1 is 1.35 bits per heavy atom. The van der Waals surface area contributed by atoms with Crippen LogP contribution in [0.5, 0.6) is 0 Å². The van der Waals surface area contributed by atoms with Gasteiger partial charge in [-0.3, -0.25) is 4.40 Å². The molecule has 0 amide bonds. The molecule has 0 radical (unpaired) electrons. The first-order chi connectivity index (χ1) is 8.33. The predicted molar refractivity (Wildman–Crippen MR) is 65.8 cm³/mol. The van der Waals surface area contributed by atoms with Gasteiger partial charge in [0, 0.05) is 24.4 Å². The van der Waals surface area contributed by atoms with E-state index in [0.29, 0.717) is 0 Å². The van der Waals surface area contributed by atoms with Gasteiger partial charge in [0.2, 0.25) is 5.78 Å². The van der Waals surface area contributed by atoms with E-state index >= 15 is 0 Å². The van der Waals surface area contributed by atoms with Crippen molar-refractivity contribution in [2.45, 2.75) is 12.8 Å². The smallest absolute Gasteiger partial charge is 0.234 e. The highest BCUT2D eigenvalue weighted by molar-refractivity contribution is 9.10. The van der Waals surface area contributed by atoms with Crippen molar-refractivity contribution in [3.8, 4) is 11.3 Å². The summed E-state index contributed by atoms with van der Waals surface area (Å²) >= 11 is 3.44. The normalized spacial score (nSPS) is 13.7. The summed E-state index contributed by atoms with van der Waals surface area (Å²) in [6.07, 6.45) is 7.38. The topological polar surface area (TPSA) is 43.3 Å². The minimum absolute atomic E-state index is 0.743. The molecule has 4 rings (SSSR count). The number of halogens is 1. The highest BCUT2D eigenvalue weighted by atomic mass is 79.9. The number of imidazole rings is 1. The van der Waals surface area contributed by atoms with E-state index in [2.05, 4.69) is 30.3 Å². The first-order valence-electron chi connectivity index (χ1n) is 5.42. The molecule has 0 unspecified atom stereocenters. The highest BCUT2D eigenvalue weighted by Gasteiger charge is 2.23. The van der Waals surface area contributed by atoms with Crippen LogP contribution in [-0.4, -0.2) is 14.4 Å². The van der Waals surface area contributed by atoms with Gasteiger partial charge in [0.15, 0.2) is 0 Å². The molecule has 3 aromatic heterocycles. The minimum Gasteiger partial charge on any atom is -0.469 e. The zero-order valence-electron chi connectivity index (χ0n) is 8.85. The van der Waals surface area contributed by atoms with Gasteiger partial charge < -0.3 is 4.42 Å². The van der Waals surface area contributed by atoms with Crippen LogP contribution in [0.25, 0.3) is 17.0 Å². The summed E-state index contributed by atoms with van der Waals surface area (Å²) in [6, 6.07) is 1.98. The van der Waals surface area contributed by atoms with E-state index < -0.39 is 0 Å². The van der Waals surface area contributed by atoms with Gasteiger partial charge >= 0.3 is 0 Å². The molecule has 1 aliphatic carbocycles. The first-order valence-corrected chi connectivity index (χ1v) is 6.21. The zero-order valence-corrected chi connectivity index (χ0v) is 10.4. The predicted octanol–water partition coefficient (Wildman–Crippen LogP) is 2.85. The Bertz CT molecular complexity index is 729. The molecule has 0 saturated heterocycles. The van der Waals surface area contributed by atoms with Gasteiger partial charge in [-0.1, -0.05) is 0 Å². The second-order valence-corrected chi connectivity index (χ2v) is 5.02. The van der Waals surface area contributed by atoms with Crippen LogP contribution in [0.3, 0.4) is 0 Å².